The molecule has 3 unspecified atom stereocenters. The summed E-state index contributed by atoms with van der Waals surface area (Å²) in [5.74, 6) is 0.863. The average Bonchev–Trinajstić information content (AvgIpc) is 3.20. The maximum Gasteiger partial charge on any atom is 0.0827 e. The Labute approximate surface area is 107 Å². The van der Waals surface area contributed by atoms with E-state index in [-0.39, 0.29) is 6.10 Å². The van der Waals surface area contributed by atoms with Gasteiger partial charge in [-0.1, -0.05) is 30.3 Å². The van der Waals surface area contributed by atoms with Crippen LogP contribution in [-0.2, 0) is 0 Å². The first kappa shape index (κ1) is 11.4. The van der Waals surface area contributed by atoms with Gasteiger partial charge in [0.2, 0.25) is 0 Å². The maximum absolute atomic E-state index is 10.4. The van der Waals surface area contributed by atoms with Gasteiger partial charge in [0.1, 0.15) is 0 Å². The molecular formula is C16H17NO. The predicted molar refractivity (Wildman–Crippen MR) is 71.2 cm³/mol. The summed E-state index contributed by atoms with van der Waals surface area (Å²) in [7, 11) is 0. The molecule has 3 rings (SSSR count). The summed E-state index contributed by atoms with van der Waals surface area (Å²) >= 11 is 0. The first-order valence-corrected chi connectivity index (χ1v) is 6.41. The third kappa shape index (κ3) is 2.04. The Morgan fingerprint density at radius 1 is 1.22 bits per heavy atom. The van der Waals surface area contributed by atoms with Crippen molar-refractivity contribution in [2.75, 3.05) is 0 Å². The summed E-state index contributed by atoms with van der Waals surface area (Å²) in [5.41, 5.74) is 3.44. The Morgan fingerprint density at radius 3 is 2.72 bits per heavy atom. The molecule has 2 aromatic rings. The highest BCUT2D eigenvalue weighted by Gasteiger charge is 2.43. The molecule has 1 aliphatic carbocycles. The van der Waals surface area contributed by atoms with Crippen molar-refractivity contribution in [3.8, 4) is 0 Å². The Balaban J connectivity index is 1.77. The smallest absolute Gasteiger partial charge is 0.0827 e. The van der Waals surface area contributed by atoms with Crippen molar-refractivity contribution in [2.45, 2.75) is 25.4 Å². The summed E-state index contributed by atoms with van der Waals surface area (Å²) in [5, 5.41) is 10.4. The van der Waals surface area contributed by atoms with Crippen molar-refractivity contribution in [3.05, 3.63) is 65.5 Å². The summed E-state index contributed by atoms with van der Waals surface area (Å²) in [4.78, 5) is 4.07. The van der Waals surface area contributed by atoms with Gasteiger partial charge in [-0.25, -0.2) is 0 Å². The van der Waals surface area contributed by atoms with Gasteiger partial charge in [0.25, 0.3) is 0 Å². The Morgan fingerprint density at radius 2 is 2.00 bits per heavy atom. The Kier molecular flexibility index (Phi) is 2.88. The average molecular weight is 239 g/mol. The molecule has 3 atom stereocenters. The third-order valence-corrected chi connectivity index (χ3v) is 3.86. The van der Waals surface area contributed by atoms with E-state index in [9.17, 15) is 5.11 Å². The summed E-state index contributed by atoms with van der Waals surface area (Å²) in [6, 6.07) is 12.4. The minimum Gasteiger partial charge on any atom is -0.388 e. The van der Waals surface area contributed by atoms with E-state index < -0.39 is 0 Å². The molecule has 2 nitrogen and oxygen atoms in total. The first-order valence-electron chi connectivity index (χ1n) is 6.41. The minimum atomic E-state index is -0.363. The fourth-order valence-corrected chi connectivity index (χ4v) is 2.69. The number of nitrogens with zero attached hydrogens (tertiary/aromatic N) is 1. The van der Waals surface area contributed by atoms with Crippen LogP contribution in [0.2, 0.25) is 0 Å². The Hall–Kier alpha value is -1.67. The molecular weight excluding hydrogens is 222 g/mol. The number of aliphatic hydroxyl groups excluding tert-OH is 1. The number of pyridine rings is 1. The lowest BCUT2D eigenvalue weighted by Crippen LogP contribution is -2.03. The van der Waals surface area contributed by atoms with E-state index in [1.807, 2.05) is 25.3 Å². The lowest BCUT2D eigenvalue weighted by molar-refractivity contribution is 0.150. The van der Waals surface area contributed by atoms with Crippen LogP contribution >= 0.6 is 0 Å². The van der Waals surface area contributed by atoms with Crippen LogP contribution in [0, 0.1) is 12.8 Å². The monoisotopic (exact) mass is 239 g/mol. The van der Waals surface area contributed by atoms with Crippen molar-refractivity contribution in [1.29, 1.82) is 0 Å². The number of rotatable bonds is 3. The van der Waals surface area contributed by atoms with E-state index in [4.69, 9.17) is 0 Å². The molecule has 1 aromatic heterocycles. The second-order valence-corrected chi connectivity index (χ2v) is 5.09. The highest BCUT2D eigenvalue weighted by Crippen LogP contribution is 2.54. The molecule has 0 spiro atoms. The van der Waals surface area contributed by atoms with E-state index in [1.165, 1.54) is 5.56 Å². The molecule has 1 N–H and O–H groups in total. The molecule has 0 bridgehead atoms. The van der Waals surface area contributed by atoms with Crippen LogP contribution in [0.3, 0.4) is 0 Å². The van der Waals surface area contributed by atoms with E-state index in [1.54, 1.807) is 6.20 Å². The van der Waals surface area contributed by atoms with Gasteiger partial charge in [-0.05, 0) is 47.9 Å². The van der Waals surface area contributed by atoms with Crippen LogP contribution in [0.25, 0.3) is 0 Å². The Bertz CT molecular complexity index is 538. The number of hydrogen-bond acceptors (Lipinski definition) is 2. The quantitative estimate of drug-likeness (QED) is 0.892. The van der Waals surface area contributed by atoms with E-state index in [0.717, 1.165) is 17.5 Å². The zero-order chi connectivity index (χ0) is 12.5. The van der Waals surface area contributed by atoms with Crippen LogP contribution in [0.1, 0.15) is 35.1 Å². The SMILES string of the molecule is Cc1cnccc1C(O)C1CC1c1ccccc1. The molecule has 1 saturated carbocycles. The summed E-state index contributed by atoms with van der Waals surface area (Å²) in [6.45, 7) is 2.01. The zero-order valence-electron chi connectivity index (χ0n) is 10.5. The first-order chi connectivity index (χ1) is 8.77. The standard InChI is InChI=1S/C16H17NO/c1-11-10-17-8-7-13(11)16(18)15-9-14(15)12-5-3-2-4-6-12/h2-8,10,14-16,18H,9H2,1H3. The zero-order valence-corrected chi connectivity index (χ0v) is 10.5. The predicted octanol–water partition coefficient (Wildman–Crippen LogP) is 3.23. The number of aliphatic hydroxyl groups is 1. The van der Waals surface area contributed by atoms with Crippen molar-refractivity contribution < 1.29 is 5.11 Å². The highest BCUT2D eigenvalue weighted by atomic mass is 16.3. The number of benzene rings is 1. The molecule has 0 saturated heterocycles. The molecule has 1 aromatic carbocycles. The van der Waals surface area contributed by atoms with E-state index >= 15 is 0 Å². The van der Waals surface area contributed by atoms with Gasteiger partial charge in [0, 0.05) is 12.4 Å². The van der Waals surface area contributed by atoms with Crippen LogP contribution < -0.4 is 0 Å². The van der Waals surface area contributed by atoms with Crippen molar-refractivity contribution in [2.24, 2.45) is 5.92 Å². The molecule has 1 heterocycles. The van der Waals surface area contributed by atoms with Crippen LogP contribution in [0.15, 0.2) is 48.8 Å². The fraction of sp³-hybridized carbons (Fsp3) is 0.312. The minimum absolute atomic E-state index is 0.355. The second kappa shape index (κ2) is 4.54. The molecule has 0 amide bonds. The van der Waals surface area contributed by atoms with Crippen LogP contribution in [-0.4, -0.2) is 10.1 Å². The molecule has 92 valence electrons. The summed E-state index contributed by atoms with van der Waals surface area (Å²) < 4.78 is 0. The summed E-state index contributed by atoms with van der Waals surface area (Å²) in [6.07, 6.45) is 4.29. The second-order valence-electron chi connectivity index (χ2n) is 5.09. The lowest BCUT2D eigenvalue weighted by atomic mass is 9.99. The van der Waals surface area contributed by atoms with Crippen molar-refractivity contribution in [3.63, 3.8) is 0 Å². The molecule has 1 fully saturated rings. The van der Waals surface area contributed by atoms with E-state index in [2.05, 4.69) is 29.2 Å². The number of hydrogen-bond donors (Lipinski definition) is 1. The largest absolute Gasteiger partial charge is 0.388 e. The van der Waals surface area contributed by atoms with Gasteiger partial charge in [-0.15, -0.1) is 0 Å². The van der Waals surface area contributed by atoms with Gasteiger partial charge in [-0.3, -0.25) is 4.98 Å². The molecule has 2 heteroatoms. The normalized spacial score (nSPS) is 23.7. The van der Waals surface area contributed by atoms with Crippen molar-refractivity contribution in [1.82, 2.24) is 4.98 Å². The van der Waals surface area contributed by atoms with Gasteiger partial charge in [0.05, 0.1) is 6.10 Å². The fourth-order valence-electron chi connectivity index (χ4n) is 2.69. The number of aryl methyl sites for hydroxylation is 1. The van der Waals surface area contributed by atoms with Gasteiger partial charge in [-0.2, -0.15) is 0 Å². The highest BCUT2D eigenvalue weighted by molar-refractivity contribution is 5.31. The van der Waals surface area contributed by atoms with Gasteiger partial charge in [0.15, 0.2) is 0 Å². The lowest BCUT2D eigenvalue weighted by Gasteiger charge is -2.13. The van der Waals surface area contributed by atoms with Crippen LogP contribution in [0.4, 0.5) is 0 Å². The maximum atomic E-state index is 10.4. The van der Waals surface area contributed by atoms with E-state index in [0.29, 0.717) is 11.8 Å². The topological polar surface area (TPSA) is 33.1 Å². The molecule has 0 radical (unpaired) electrons. The van der Waals surface area contributed by atoms with Gasteiger partial charge < -0.3 is 5.11 Å². The van der Waals surface area contributed by atoms with Crippen LogP contribution in [0.5, 0.6) is 0 Å². The van der Waals surface area contributed by atoms with Crippen molar-refractivity contribution >= 4 is 0 Å². The molecule has 18 heavy (non-hydrogen) atoms. The molecule has 0 aliphatic heterocycles. The number of aromatic nitrogens is 1. The third-order valence-electron chi connectivity index (χ3n) is 3.86. The van der Waals surface area contributed by atoms with Gasteiger partial charge >= 0.3 is 0 Å². The molecule has 1 aliphatic rings.